The standard InChI is InChI=1S/C13H23N3O3S/c1-10(12(17)18)11-8-16(9-11)13(19)14-2-3-15-4-6-20-7-5-15/h10-11H,2-9H2,1H3,(H,14,19)(H,17,18). The number of carbonyl (C=O) groups excluding carboxylic acids is 1. The number of likely N-dealkylation sites (tertiary alicyclic amines) is 1. The summed E-state index contributed by atoms with van der Waals surface area (Å²) in [6.45, 7) is 6.58. The first kappa shape index (κ1) is 15.4. The van der Waals surface area contributed by atoms with Crippen molar-refractivity contribution in [2.75, 3.05) is 50.8 Å². The van der Waals surface area contributed by atoms with E-state index in [1.165, 1.54) is 11.5 Å². The summed E-state index contributed by atoms with van der Waals surface area (Å²) >= 11 is 1.98. The highest BCUT2D eigenvalue weighted by Crippen LogP contribution is 2.23. The number of hydrogen-bond donors (Lipinski definition) is 2. The maximum absolute atomic E-state index is 11.8. The topological polar surface area (TPSA) is 72.9 Å². The fraction of sp³-hybridized carbons (Fsp3) is 0.846. The predicted octanol–water partition coefficient (Wildman–Crippen LogP) is 0.397. The van der Waals surface area contributed by atoms with Crippen molar-refractivity contribution < 1.29 is 14.7 Å². The van der Waals surface area contributed by atoms with Gasteiger partial charge >= 0.3 is 12.0 Å². The molecule has 2 aliphatic heterocycles. The number of amides is 2. The fourth-order valence-corrected chi connectivity index (χ4v) is 3.43. The van der Waals surface area contributed by atoms with Crippen LogP contribution in [0.4, 0.5) is 4.79 Å². The number of thioether (sulfide) groups is 1. The third-order valence-corrected chi connectivity index (χ3v) is 5.04. The van der Waals surface area contributed by atoms with Gasteiger partial charge in [0.1, 0.15) is 0 Å². The Kier molecular flexibility index (Phi) is 5.54. The molecule has 0 aromatic carbocycles. The van der Waals surface area contributed by atoms with Crippen LogP contribution in [0.25, 0.3) is 0 Å². The summed E-state index contributed by atoms with van der Waals surface area (Å²) < 4.78 is 0. The maximum atomic E-state index is 11.8. The minimum atomic E-state index is -0.780. The number of urea groups is 1. The van der Waals surface area contributed by atoms with Crippen molar-refractivity contribution in [3.05, 3.63) is 0 Å². The van der Waals surface area contributed by atoms with E-state index in [4.69, 9.17) is 5.11 Å². The first-order chi connectivity index (χ1) is 9.58. The molecule has 2 amide bonds. The number of nitrogens with one attached hydrogen (secondary N) is 1. The number of carboxylic acid groups (broad SMARTS) is 1. The van der Waals surface area contributed by atoms with E-state index in [1.54, 1.807) is 11.8 Å². The van der Waals surface area contributed by atoms with Crippen molar-refractivity contribution >= 4 is 23.8 Å². The lowest BCUT2D eigenvalue weighted by atomic mass is 9.87. The van der Waals surface area contributed by atoms with Crippen molar-refractivity contribution in [3.63, 3.8) is 0 Å². The molecule has 114 valence electrons. The average molecular weight is 301 g/mol. The lowest BCUT2D eigenvalue weighted by Crippen LogP contribution is -2.57. The van der Waals surface area contributed by atoms with Gasteiger partial charge in [-0.25, -0.2) is 4.79 Å². The SMILES string of the molecule is CC(C(=O)O)C1CN(C(=O)NCCN2CCSCC2)C1. The molecule has 0 aromatic heterocycles. The number of nitrogens with zero attached hydrogens (tertiary/aromatic N) is 2. The van der Waals surface area contributed by atoms with Gasteiger partial charge in [-0.3, -0.25) is 9.69 Å². The molecule has 2 N–H and O–H groups in total. The minimum Gasteiger partial charge on any atom is -0.481 e. The van der Waals surface area contributed by atoms with Gasteiger partial charge in [0, 0.05) is 56.7 Å². The van der Waals surface area contributed by atoms with Crippen LogP contribution < -0.4 is 5.32 Å². The van der Waals surface area contributed by atoms with Gasteiger partial charge < -0.3 is 15.3 Å². The molecule has 2 saturated heterocycles. The second-order valence-corrected chi connectivity index (χ2v) is 6.70. The summed E-state index contributed by atoms with van der Waals surface area (Å²) in [6, 6.07) is -0.0646. The highest BCUT2D eigenvalue weighted by molar-refractivity contribution is 7.99. The molecule has 7 heteroatoms. The van der Waals surface area contributed by atoms with Gasteiger partial charge in [0.05, 0.1) is 5.92 Å². The zero-order valence-electron chi connectivity index (χ0n) is 11.9. The van der Waals surface area contributed by atoms with Gasteiger partial charge in [0.2, 0.25) is 0 Å². The van der Waals surface area contributed by atoms with Crippen LogP contribution >= 0.6 is 11.8 Å². The molecule has 2 rings (SSSR count). The van der Waals surface area contributed by atoms with Crippen molar-refractivity contribution in [2.45, 2.75) is 6.92 Å². The van der Waals surface area contributed by atoms with Crippen LogP contribution in [0.15, 0.2) is 0 Å². The summed E-state index contributed by atoms with van der Waals surface area (Å²) in [5, 5.41) is 11.8. The van der Waals surface area contributed by atoms with Crippen LogP contribution in [0.1, 0.15) is 6.92 Å². The van der Waals surface area contributed by atoms with Gasteiger partial charge in [-0.1, -0.05) is 6.92 Å². The highest BCUT2D eigenvalue weighted by atomic mass is 32.2. The van der Waals surface area contributed by atoms with E-state index in [0.717, 1.165) is 19.6 Å². The Labute approximate surface area is 123 Å². The summed E-state index contributed by atoms with van der Waals surface area (Å²) in [5.74, 6) is 1.30. The third-order valence-electron chi connectivity index (χ3n) is 4.10. The van der Waals surface area contributed by atoms with Gasteiger partial charge in [-0.15, -0.1) is 0 Å². The molecule has 20 heavy (non-hydrogen) atoms. The van der Waals surface area contributed by atoms with Crippen molar-refractivity contribution in [1.29, 1.82) is 0 Å². The highest BCUT2D eigenvalue weighted by Gasteiger charge is 2.37. The van der Waals surface area contributed by atoms with Gasteiger partial charge in [0.25, 0.3) is 0 Å². The molecule has 0 aromatic rings. The number of carboxylic acids is 1. The molecule has 0 bridgehead atoms. The quantitative estimate of drug-likeness (QED) is 0.769. The third kappa shape index (κ3) is 4.02. The van der Waals surface area contributed by atoms with Crippen molar-refractivity contribution in [3.8, 4) is 0 Å². The Hall–Kier alpha value is -0.950. The molecule has 1 atom stereocenters. The van der Waals surface area contributed by atoms with Crippen LogP contribution in [0.2, 0.25) is 0 Å². The summed E-state index contributed by atoms with van der Waals surface area (Å²) in [6.07, 6.45) is 0. The van der Waals surface area contributed by atoms with E-state index < -0.39 is 5.97 Å². The van der Waals surface area contributed by atoms with Crippen LogP contribution in [0, 0.1) is 11.8 Å². The lowest BCUT2D eigenvalue weighted by Gasteiger charge is -2.41. The molecular formula is C13H23N3O3S. The molecule has 6 nitrogen and oxygen atoms in total. The summed E-state index contributed by atoms with van der Waals surface area (Å²) in [4.78, 5) is 26.7. The number of aliphatic carboxylic acids is 1. The first-order valence-electron chi connectivity index (χ1n) is 7.13. The Morgan fingerprint density at radius 1 is 1.35 bits per heavy atom. The van der Waals surface area contributed by atoms with E-state index >= 15 is 0 Å². The van der Waals surface area contributed by atoms with Gasteiger partial charge in [-0.2, -0.15) is 11.8 Å². The Morgan fingerprint density at radius 3 is 2.60 bits per heavy atom. The van der Waals surface area contributed by atoms with Crippen LogP contribution in [-0.2, 0) is 4.79 Å². The smallest absolute Gasteiger partial charge is 0.317 e. The average Bonchev–Trinajstić information content (AvgIpc) is 2.38. The van der Waals surface area contributed by atoms with Crippen LogP contribution in [0.5, 0.6) is 0 Å². The van der Waals surface area contributed by atoms with Crippen LogP contribution in [0.3, 0.4) is 0 Å². The number of hydrogen-bond acceptors (Lipinski definition) is 4. The van der Waals surface area contributed by atoms with Gasteiger partial charge in [0.15, 0.2) is 0 Å². The Balaban J connectivity index is 1.58. The second kappa shape index (κ2) is 7.17. The second-order valence-electron chi connectivity index (χ2n) is 5.48. The van der Waals surface area contributed by atoms with Crippen molar-refractivity contribution in [2.24, 2.45) is 11.8 Å². The summed E-state index contributed by atoms with van der Waals surface area (Å²) in [7, 11) is 0. The lowest BCUT2D eigenvalue weighted by molar-refractivity contribution is -0.144. The van der Waals surface area contributed by atoms with Crippen molar-refractivity contribution in [1.82, 2.24) is 15.1 Å². The number of carbonyl (C=O) groups is 2. The fourth-order valence-electron chi connectivity index (χ4n) is 2.45. The van der Waals surface area contributed by atoms with E-state index in [1.807, 2.05) is 11.8 Å². The molecular weight excluding hydrogens is 278 g/mol. The maximum Gasteiger partial charge on any atom is 0.317 e. The van der Waals surface area contributed by atoms with E-state index in [9.17, 15) is 9.59 Å². The van der Waals surface area contributed by atoms with Gasteiger partial charge in [-0.05, 0) is 0 Å². The molecule has 1 unspecified atom stereocenters. The normalized spacial score (nSPS) is 22.1. The Bertz CT molecular complexity index is 355. The molecule has 2 fully saturated rings. The Morgan fingerprint density at radius 2 is 2.00 bits per heavy atom. The minimum absolute atomic E-state index is 0.0646. The van der Waals surface area contributed by atoms with E-state index in [2.05, 4.69) is 10.2 Å². The molecule has 0 spiro atoms. The monoisotopic (exact) mass is 301 g/mol. The summed E-state index contributed by atoms with van der Waals surface area (Å²) in [5.41, 5.74) is 0. The van der Waals surface area contributed by atoms with E-state index in [0.29, 0.717) is 19.6 Å². The largest absolute Gasteiger partial charge is 0.481 e. The van der Waals surface area contributed by atoms with Crippen LogP contribution in [-0.4, -0.2) is 77.7 Å². The molecule has 0 aliphatic carbocycles. The van der Waals surface area contributed by atoms with E-state index in [-0.39, 0.29) is 17.9 Å². The zero-order chi connectivity index (χ0) is 14.5. The molecule has 0 saturated carbocycles. The zero-order valence-corrected chi connectivity index (χ0v) is 12.7. The first-order valence-corrected chi connectivity index (χ1v) is 8.29. The predicted molar refractivity (Wildman–Crippen MR) is 79.0 cm³/mol. The molecule has 2 heterocycles. The number of rotatable bonds is 5. The molecule has 2 aliphatic rings. The molecule has 0 radical (unpaired) electrons.